The maximum atomic E-state index is 11.9. The number of imidazole rings is 1. The summed E-state index contributed by atoms with van der Waals surface area (Å²) >= 11 is 6.14. The molecule has 8 nitrogen and oxygen atoms in total. The maximum absolute atomic E-state index is 11.9. The van der Waals surface area contributed by atoms with E-state index in [2.05, 4.69) is 46.7 Å². The Morgan fingerprint density at radius 1 is 1.21 bits per heavy atom. The maximum Gasteiger partial charge on any atom is 0.407 e. The molecular formula is C25H31ClN6O2. The molecule has 3 aromatic rings. The number of hydrogen-bond donors (Lipinski definition) is 2. The number of carboxylic acid groups (broad SMARTS) is 1. The number of nitrogens with zero attached hydrogens (tertiary/aromatic N) is 5. The van der Waals surface area contributed by atoms with Gasteiger partial charge in [0.05, 0.1) is 34.7 Å². The first-order chi connectivity index (χ1) is 16.2. The number of hydrogen-bond acceptors (Lipinski definition) is 5. The molecule has 0 radical (unpaired) electrons. The summed E-state index contributed by atoms with van der Waals surface area (Å²) in [5, 5.41) is 13.9. The highest BCUT2D eigenvalue weighted by atomic mass is 35.5. The van der Waals surface area contributed by atoms with E-state index in [1.165, 1.54) is 0 Å². The number of para-hydroxylation sites is 2. The molecule has 2 aliphatic rings. The van der Waals surface area contributed by atoms with E-state index in [9.17, 15) is 9.90 Å². The summed E-state index contributed by atoms with van der Waals surface area (Å²) in [6.45, 7) is 6.82. The Morgan fingerprint density at radius 2 is 2.00 bits per heavy atom. The number of carbonyl (C=O) groups is 1. The van der Waals surface area contributed by atoms with Crippen LogP contribution in [0, 0.1) is 5.41 Å². The zero-order valence-electron chi connectivity index (χ0n) is 19.8. The molecule has 0 saturated carbocycles. The van der Waals surface area contributed by atoms with E-state index in [1.807, 2.05) is 18.2 Å². The Labute approximate surface area is 204 Å². The first-order valence-corrected chi connectivity index (χ1v) is 12.3. The van der Waals surface area contributed by atoms with Gasteiger partial charge in [-0.05, 0) is 49.7 Å². The van der Waals surface area contributed by atoms with Crippen LogP contribution in [-0.4, -0.2) is 54.2 Å². The van der Waals surface area contributed by atoms with Gasteiger partial charge < -0.3 is 19.9 Å². The van der Waals surface area contributed by atoms with Gasteiger partial charge in [0.2, 0.25) is 5.95 Å². The van der Waals surface area contributed by atoms with Gasteiger partial charge in [-0.1, -0.05) is 44.5 Å². The van der Waals surface area contributed by atoms with Crippen LogP contribution in [0.25, 0.3) is 11.0 Å². The largest absolute Gasteiger partial charge is 0.465 e. The van der Waals surface area contributed by atoms with Crippen LogP contribution in [0.2, 0.25) is 5.15 Å². The number of nitrogens with one attached hydrogen (secondary N) is 1. The van der Waals surface area contributed by atoms with E-state index in [0.717, 1.165) is 60.5 Å². The predicted octanol–water partition coefficient (Wildman–Crippen LogP) is 5.37. The number of amides is 1. The second-order valence-corrected chi connectivity index (χ2v) is 10.8. The predicted molar refractivity (Wildman–Crippen MR) is 132 cm³/mol. The lowest BCUT2D eigenvalue weighted by Gasteiger charge is -2.44. The van der Waals surface area contributed by atoms with Crippen molar-refractivity contribution in [2.24, 2.45) is 5.41 Å². The number of aromatic nitrogens is 4. The third-order valence-corrected chi connectivity index (χ3v) is 7.33. The minimum absolute atomic E-state index is 0.0148. The lowest BCUT2D eigenvalue weighted by Crippen LogP contribution is -2.54. The van der Waals surface area contributed by atoms with E-state index in [0.29, 0.717) is 11.7 Å². The molecule has 1 aliphatic heterocycles. The number of halogens is 1. The number of aryl methyl sites for hydroxylation is 1. The molecule has 2 N–H and O–H groups in total. The van der Waals surface area contributed by atoms with E-state index in [4.69, 9.17) is 16.6 Å². The van der Waals surface area contributed by atoms with Gasteiger partial charge in [0, 0.05) is 18.6 Å². The van der Waals surface area contributed by atoms with Crippen LogP contribution in [-0.2, 0) is 6.42 Å². The highest BCUT2D eigenvalue weighted by Crippen LogP contribution is 2.38. The quantitative estimate of drug-likeness (QED) is 0.520. The molecule has 0 spiro atoms. The standard InChI is InChI=1S/C25H31ClN6O2/c1-25(2,3)20-13-15(11-12-31(20)24(33)34)28-23-30-16-7-4-5-9-18(16)32(23)19-10-6-8-17-22(19)27-14-21(26)29-17/h4-5,7,9,14-15,19-20H,6,8,10-13H2,1-3H3,(H,28,30)(H,33,34). The second kappa shape index (κ2) is 8.73. The first kappa shape index (κ1) is 22.9. The molecule has 0 bridgehead atoms. The second-order valence-electron chi connectivity index (χ2n) is 10.5. The molecule has 5 rings (SSSR count). The molecule has 1 amide bonds. The summed E-state index contributed by atoms with van der Waals surface area (Å²) in [6, 6.07) is 8.21. The van der Waals surface area contributed by atoms with E-state index in [1.54, 1.807) is 11.1 Å². The van der Waals surface area contributed by atoms with Gasteiger partial charge in [0.1, 0.15) is 5.15 Å². The molecule has 1 saturated heterocycles. The van der Waals surface area contributed by atoms with Gasteiger partial charge in [0.15, 0.2) is 0 Å². The minimum Gasteiger partial charge on any atom is -0.465 e. The third-order valence-electron chi connectivity index (χ3n) is 7.14. The summed E-state index contributed by atoms with van der Waals surface area (Å²) in [5.74, 6) is 0.803. The van der Waals surface area contributed by atoms with E-state index >= 15 is 0 Å². The summed E-state index contributed by atoms with van der Waals surface area (Å²) in [4.78, 5) is 27.6. The Morgan fingerprint density at radius 3 is 2.76 bits per heavy atom. The van der Waals surface area contributed by atoms with Gasteiger partial charge in [-0.2, -0.15) is 0 Å². The Hall–Kier alpha value is -2.87. The topological polar surface area (TPSA) is 96.2 Å². The number of benzene rings is 1. The average molecular weight is 483 g/mol. The Balaban J connectivity index is 1.52. The zero-order valence-corrected chi connectivity index (χ0v) is 20.6. The molecule has 9 heteroatoms. The summed E-state index contributed by atoms with van der Waals surface area (Å²) in [5.41, 5.74) is 3.73. The van der Waals surface area contributed by atoms with Crippen molar-refractivity contribution in [3.8, 4) is 0 Å². The number of piperidine rings is 1. The van der Waals surface area contributed by atoms with Crippen LogP contribution in [0.4, 0.5) is 10.7 Å². The van der Waals surface area contributed by atoms with Crippen LogP contribution < -0.4 is 5.32 Å². The fourth-order valence-corrected chi connectivity index (χ4v) is 5.67. The average Bonchev–Trinajstić information content (AvgIpc) is 3.15. The van der Waals surface area contributed by atoms with Crippen molar-refractivity contribution in [1.82, 2.24) is 24.4 Å². The lowest BCUT2D eigenvalue weighted by atomic mass is 9.79. The van der Waals surface area contributed by atoms with Crippen LogP contribution in [0.1, 0.15) is 63.9 Å². The first-order valence-electron chi connectivity index (χ1n) is 12.0. The summed E-state index contributed by atoms with van der Waals surface area (Å²) in [6.07, 6.45) is 5.06. The summed E-state index contributed by atoms with van der Waals surface area (Å²) in [7, 11) is 0. The molecule has 1 fully saturated rings. The number of anilines is 1. The van der Waals surface area contributed by atoms with Crippen LogP contribution in [0.5, 0.6) is 0 Å². The molecule has 2 aromatic heterocycles. The van der Waals surface area contributed by atoms with Gasteiger partial charge in [0.25, 0.3) is 0 Å². The molecule has 180 valence electrons. The monoisotopic (exact) mass is 482 g/mol. The lowest BCUT2D eigenvalue weighted by molar-refractivity contribution is 0.0556. The molecule has 1 aliphatic carbocycles. The Bertz CT molecular complexity index is 1220. The minimum atomic E-state index is -0.846. The highest BCUT2D eigenvalue weighted by molar-refractivity contribution is 6.29. The van der Waals surface area contributed by atoms with E-state index in [-0.39, 0.29) is 23.5 Å². The molecule has 1 aromatic carbocycles. The third kappa shape index (κ3) is 4.19. The van der Waals surface area contributed by atoms with Crippen molar-refractivity contribution in [3.05, 3.63) is 47.0 Å². The Kier molecular flexibility index (Phi) is 5.88. The molecule has 3 unspecified atom stereocenters. The van der Waals surface area contributed by atoms with Crippen LogP contribution in [0.15, 0.2) is 30.5 Å². The number of rotatable bonds is 3. The fourth-order valence-electron chi connectivity index (χ4n) is 5.52. The fraction of sp³-hybridized carbons (Fsp3) is 0.520. The normalized spacial score (nSPS) is 23.1. The van der Waals surface area contributed by atoms with Crippen molar-refractivity contribution in [3.63, 3.8) is 0 Å². The molecular weight excluding hydrogens is 452 g/mol. The molecule has 34 heavy (non-hydrogen) atoms. The van der Waals surface area contributed by atoms with Crippen molar-refractivity contribution in [1.29, 1.82) is 0 Å². The molecule has 3 atom stereocenters. The molecule has 3 heterocycles. The van der Waals surface area contributed by atoms with Crippen molar-refractivity contribution in [2.75, 3.05) is 11.9 Å². The highest BCUT2D eigenvalue weighted by Gasteiger charge is 2.39. The smallest absolute Gasteiger partial charge is 0.407 e. The van der Waals surface area contributed by atoms with Gasteiger partial charge in [-0.25, -0.2) is 14.8 Å². The SMILES string of the molecule is CC(C)(C)C1CC(Nc2nc3ccccc3n2C2CCCc3nc(Cl)cnc32)CCN1C(=O)O. The van der Waals surface area contributed by atoms with Crippen molar-refractivity contribution < 1.29 is 9.90 Å². The zero-order chi connectivity index (χ0) is 24.0. The van der Waals surface area contributed by atoms with Crippen molar-refractivity contribution in [2.45, 2.75) is 71.0 Å². The van der Waals surface area contributed by atoms with Gasteiger partial charge in [-0.3, -0.25) is 4.98 Å². The van der Waals surface area contributed by atoms with Gasteiger partial charge >= 0.3 is 6.09 Å². The van der Waals surface area contributed by atoms with Crippen molar-refractivity contribution >= 4 is 34.7 Å². The van der Waals surface area contributed by atoms with Crippen LogP contribution in [0.3, 0.4) is 0 Å². The number of likely N-dealkylation sites (tertiary alicyclic amines) is 1. The van der Waals surface area contributed by atoms with Gasteiger partial charge in [-0.15, -0.1) is 0 Å². The number of fused-ring (bicyclic) bond motifs is 2. The van der Waals surface area contributed by atoms with Crippen LogP contribution >= 0.6 is 11.6 Å². The van der Waals surface area contributed by atoms with E-state index < -0.39 is 6.09 Å². The summed E-state index contributed by atoms with van der Waals surface area (Å²) < 4.78 is 2.26.